The van der Waals surface area contributed by atoms with E-state index in [0.29, 0.717) is 0 Å². The van der Waals surface area contributed by atoms with Gasteiger partial charge in [-0.2, -0.15) is 0 Å². The van der Waals surface area contributed by atoms with Gasteiger partial charge in [-0.15, -0.1) is 21.5 Å². The molecule has 0 amide bonds. The fraction of sp³-hybridized carbons (Fsp3) is 0.778. The third-order valence-corrected chi connectivity index (χ3v) is 3.04. The van der Waals surface area contributed by atoms with Crippen LogP contribution in [0.25, 0.3) is 0 Å². The molecular formula is C9H15N3S. The van der Waals surface area contributed by atoms with E-state index in [0.717, 1.165) is 24.0 Å². The molecular weight excluding hydrogens is 182 g/mol. The number of hydrogen-bond acceptors (Lipinski definition) is 4. The molecule has 72 valence electrons. The van der Waals surface area contributed by atoms with E-state index in [-0.39, 0.29) is 0 Å². The molecule has 1 aromatic heterocycles. The molecule has 1 fully saturated rings. The molecule has 13 heavy (non-hydrogen) atoms. The Morgan fingerprint density at radius 1 is 1.46 bits per heavy atom. The lowest BCUT2D eigenvalue weighted by Gasteiger charge is -1.99. The molecule has 1 heterocycles. The number of nitrogens with zero attached hydrogens (tertiary/aromatic N) is 2. The second kappa shape index (κ2) is 4.15. The van der Waals surface area contributed by atoms with Crippen molar-refractivity contribution in [2.45, 2.75) is 38.6 Å². The van der Waals surface area contributed by atoms with Gasteiger partial charge in [-0.3, -0.25) is 0 Å². The number of aryl methyl sites for hydroxylation is 2. The molecule has 0 aromatic carbocycles. The summed E-state index contributed by atoms with van der Waals surface area (Å²) < 4.78 is 0. The first-order valence-electron chi connectivity index (χ1n) is 4.87. The summed E-state index contributed by atoms with van der Waals surface area (Å²) in [5.41, 5.74) is 0. The largest absolute Gasteiger partial charge is 0.314 e. The van der Waals surface area contributed by atoms with Gasteiger partial charge in [0.25, 0.3) is 0 Å². The van der Waals surface area contributed by atoms with Gasteiger partial charge in [0, 0.05) is 12.5 Å². The Hall–Kier alpha value is -0.480. The molecule has 0 radical (unpaired) electrons. The van der Waals surface area contributed by atoms with Crippen LogP contribution in [0.1, 0.15) is 29.3 Å². The molecule has 1 saturated carbocycles. The summed E-state index contributed by atoms with van der Waals surface area (Å²) in [4.78, 5) is 0. The summed E-state index contributed by atoms with van der Waals surface area (Å²) in [6.07, 6.45) is 5.01. The van der Waals surface area contributed by atoms with E-state index in [9.17, 15) is 0 Å². The second-order valence-electron chi connectivity index (χ2n) is 3.55. The lowest BCUT2D eigenvalue weighted by Crippen LogP contribution is -2.17. The standard InChI is InChI=1S/C9H15N3S/c1-7-11-12-9(13-7)3-2-6-10-8-4-5-8/h8,10H,2-6H2,1H3. The van der Waals surface area contributed by atoms with Gasteiger partial charge in [0.05, 0.1) is 0 Å². The molecule has 3 nitrogen and oxygen atoms in total. The van der Waals surface area contributed by atoms with Gasteiger partial charge >= 0.3 is 0 Å². The van der Waals surface area contributed by atoms with Crippen LogP contribution in [0.4, 0.5) is 0 Å². The normalized spacial score (nSPS) is 16.4. The molecule has 1 N–H and O–H groups in total. The van der Waals surface area contributed by atoms with Gasteiger partial charge in [-0.1, -0.05) is 0 Å². The monoisotopic (exact) mass is 197 g/mol. The van der Waals surface area contributed by atoms with Crippen LogP contribution in [0.15, 0.2) is 0 Å². The van der Waals surface area contributed by atoms with Gasteiger partial charge in [0.15, 0.2) is 0 Å². The average Bonchev–Trinajstić information content (AvgIpc) is 2.84. The van der Waals surface area contributed by atoms with Crippen LogP contribution in [0.2, 0.25) is 0 Å². The molecule has 1 aromatic rings. The van der Waals surface area contributed by atoms with Crippen molar-refractivity contribution in [3.8, 4) is 0 Å². The van der Waals surface area contributed by atoms with Gasteiger partial charge in [-0.05, 0) is 32.7 Å². The van der Waals surface area contributed by atoms with Crippen molar-refractivity contribution in [2.24, 2.45) is 0 Å². The molecule has 1 aliphatic rings. The van der Waals surface area contributed by atoms with Gasteiger partial charge in [0.1, 0.15) is 10.0 Å². The van der Waals surface area contributed by atoms with Crippen molar-refractivity contribution in [3.63, 3.8) is 0 Å². The Bertz CT molecular complexity index is 268. The van der Waals surface area contributed by atoms with Crippen LogP contribution in [-0.4, -0.2) is 22.8 Å². The highest BCUT2D eigenvalue weighted by molar-refractivity contribution is 7.11. The molecule has 1 aliphatic carbocycles. The predicted molar refractivity (Wildman–Crippen MR) is 54.0 cm³/mol. The van der Waals surface area contributed by atoms with E-state index in [4.69, 9.17) is 0 Å². The smallest absolute Gasteiger partial charge is 0.117 e. The van der Waals surface area contributed by atoms with Gasteiger partial charge in [-0.25, -0.2) is 0 Å². The highest BCUT2D eigenvalue weighted by atomic mass is 32.1. The van der Waals surface area contributed by atoms with Crippen LogP contribution < -0.4 is 5.32 Å². The quantitative estimate of drug-likeness (QED) is 0.727. The molecule has 0 atom stereocenters. The van der Waals surface area contributed by atoms with Crippen LogP contribution >= 0.6 is 11.3 Å². The Balaban J connectivity index is 1.61. The number of rotatable bonds is 5. The Kier molecular flexibility index (Phi) is 2.90. The first-order valence-corrected chi connectivity index (χ1v) is 5.68. The summed E-state index contributed by atoms with van der Waals surface area (Å²) in [5.74, 6) is 0. The Labute approximate surface area is 82.6 Å². The zero-order valence-corrected chi connectivity index (χ0v) is 8.73. The highest BCUT2D eigenvalue weighted by Crippen LogP contribution is 2.18. The highest BCUT2D eigenvalue weighted by Gasteiger charge is 2.19. The zero-order valence-electron chi connectivity index (χ0n) is 7.92. The van der Waals surface area contributed by atoms with Crippen LogP contribution in [0, 0.1) is 6.92 Å². The summed E-state index contributed by atoms with van der Waals surface area (Å²) in [6, 6.07) is 0.830. The molecule has 0 saturated heterocycles. The summed E-state index contributed by atoms with van der Waals surface area (Å²) in [7, 11) is 0. The number of hydrogen-bond donors (Lipinski definition) is 1. The molecule has 2 rings (SSSR count). The van der Waals surface area contributed by atoms with Gasteiger partial charge < -0.3 is 5.32 Å². The number of aromatic nitrogens is 2. The molecule has 0 aliphatic heterocycles. The van der Waals surface area contributed by atoms with E-state index in [2.05, 4.69) is 15.5 Å². The van der Waals surface area contributed by atoms with Crippen LogP contribution in [0.3, 0.4) is 0 Å². The van der Waals surface area contributed by atoms with E-state index < -0.39 is 0 Å². The van der Waals surface area contributed by atoms with E-state index in [1.165, 1.54) is 24.3 Å². The molecule has 4 heteroatoms. The minimum Gasteiger partial charge on any atom is -0.314 e. The Morgan fingerprint density at radius 3 is 2.92 bits per heavy atom. The van der Waals surface area contributed by atoms with Crippen molar-refractivity contribution in [3.05, 3.63) is 10.0 Å². The topological polar surface area (TPSA) is 37.8 Å². The fourth-order valence-electron chi connectivity index (χ4n) is 1.27. The first kappa shape index (κ1) is 9.09. The summed E-state index contributed by atoms with van der Waals surface area (Å²) in [5, 5.41) is 13.8. The third-order valence-electron chi connectivity index (χ3n) is 2.15. The lowest BCUT2D eigenvalue weighted by atomic mass is 10.3. The minimum atomic E-state index is 0.830. The van der Waals surface area contributed by atoms with Crippen molar-refractivity contribution < 1.29 is 0 Å². The van der Waals surface area contributed by atoms with Crippen molar-refractivity contribution in [1.29, 1.82) is 0 Å². The number of nitrogens with one attached hydrogen (secondary N) is 1. The second-order valence-corrected chi connectivity index (χ2v) is 4.81. The maximum Gasteiger partial charge on any atom is 0.117 e. The molecule has 0 spiro atoms. The maximum absolute atomic E-state index is 4.09. The van der Waals surface area contributed by atoms with Crippen molar-refractivity contribution >= 4 is 11.3 Å². The van der Waals surface area contributed by atoms with E-state index in [1.807, 2.05) is 6.92 Å². The SMILES string of the molecule is Cc1nnc(CCCNC2CC2)s1. The van der Waals surface area contributed by atoms with Crippen LogP contribution in [0.5, 0.6) is 0 Å². The Morgan fingerprint density at radius 2 is 2.31 bits per heavy atom. The van der Waals surface area contributed by atoms with Gasteiger partial charge in [0.2, 0.25) is 0 Å². The average molecular weight is 197 g/mol. The van der Waals surface area contributed by atoms with E-state index >= 15 is 0 Å². The zero-order chi connectivity index (χ0) is 9.10. The van der Waals surface area contributed by atoms with Crippen LogP contribution in [-0.2, 0) is 6.42 Å². The first-order chi connectivity index (χ1) is 6.34. The van der Waals surface area contributed by atoms with Crippen molar-refractivity contribution in [2.75, 3.05) is 6.54 Å². The maximum atomic E-state index is 4.09. The van der Waals surface area contributed by atoms with Crippen molar-refractivity contribution in [1.82, 2.24) is 15.5 Å². The summed E-state index contributed by atoms with van der Waals surface area (Å²) in [6.45, 7) is 3.13. The van der Waals surface area contributed by atoms with E-state index in [1.54, 1.807) is 11.3 Å². The minimum absolute atomic E-state index is 0.830. The molecule has 0 unspecified atom stereocenters. The fourth-order valence-corrected chi connectivity index (χ4v) is 2.02. The third kappa shape index (κ3) is 3.04. The molecule has 0 bridgehead atoms. The predicted octanol–water partition coefficient (Wildman–Crippen LogP) is 1.53. The summed E-state index contributed by atoms with van der Waals surface area (Å²) >= 11 is 1.71. The lowest BCUT2D eigenvalue weighted by molar-refractivity contribution is 0.643.